The van der Waals surface area contributed by atoms with Crippen molar-refractivity contribution in [1.29, 1.82) is 0 Å². The molecule has 2 fully saturated rings. The van der Waals surface area contributed by atoms with Gasteiger partial charge in [0.05, 0.1) is 6.04 Å². The van der Waals surface area contributed by atoms with Gasteiger partial charge in [0.2, 0.25) is 5.89 Å². The number of rotatable bonds is 4. The van der Waals surface area contributed by atoms with Gasteiger partial charge < -0.3 is 20.1 Å². The lowest BCUT2D eigenvalue weighted by molar-refractivity contribution is 0.0915. The second-order valence-corrected chi connectivity index (χ2v) is 5.95. The van der Waals surface area contributed by atoms with Crippen molar-refractivity contribution in [3.63, 3.8) is 0 Å². The van der Waals surface area contributed by atoms with E-state index in [0.29, 0.717) is 18.5 Å². The first kappa shape index (κ1) is 14.5. The number of amides is 1. The lowest BCUT2D eigenvalue weighted by atomic mass is 10.0. The summed E-state index contributed by atoms with van der Waals surface area (Å²) in [7, 11) is 2.11. The number of likely N-dealkylation sites (N-methyl/N-ethyl adjacent to an activating group) is 1. The number of aromatic nitrogens is 2. The number of nitrogens with one attached hydrogen (secondary N) is 2. The summed E-state index contributed by atoms with van der Waals surface area (Å²) in [6.45, 7) is 2.70. The number of nitrogens with zero attached hydrogens (tertiary/aromatic N) is 3. The first-order chi connectivity index (χ1) is 10.2. The smallest absolute Gasteiger partial charge is 0.292 e. The fourth-order valence-corrected chi connectivity index (χ4v) is 3.06. The number of hydrogen-bond donors (Lipinski definition) is 2. The Morgan fingerprint density at radius 2 is 2.33 bits per heavy atom. The summed E-state index contributed by atoms with van der Waals surface area (Å²) in [4.78, 5) is 18.6. The predicted molar refractivity (Wildman–Crippen MR) is 76.9 cm³/mol. The fraction of sp³-hybridized carbons (Fsp3) is 0.786. The van der Waals surface area contributed by atoms with Crippen molar-refractivity contribution in [2.75, 3.05) is 26.7 Å². The van der Waals surface area contributed by atoms with Crippen molar-refractivity contribution in [3.8, 4) is 0 Å². The van der Waals surface area contributed by atoms with Gasteiger partial charge in [-0.1, -0.05) is 11.6 Å². The molecule has 0 bridgehead atoms. The molecule has 2 unspecified atom stereocenters. The van der Waals surface area contributed by atoms with E-state index in [1.165, 1.54) is 12.8 Å². The van der Waals surface area contributed by atoms with Crippen molar-refractivity contribution in [2.24, 2.45) is 0 Å². The molecule has 0 radical (unpaired) electrons. The highest BCUT2D eigenvalue weighted by molar-refractivity contribution is 5.90. The molecule has 1 aromatic heterocycles. The molecule has 1 amide bonds. The topological polar surface area (TPSA) is 83.3 Å². The molecular weight excluding hydrogens is 270 g/mol. The van der Waals surface area contributed by atoms with Crippen LogP contribution >= 0.6 is 0 Å². The van der Waals surface area contributed by atoms with Crippen LogP contribution in [0.2, 0.25) is 0 Å². The van der Waals surface area contributed by atoms with Gasteiger partial charge in [-0.15, -0.1) is 0 Å². The van der Waals surface area contributed by atoms with E-state index in [1.807, 2.05) is 0 Å². The molecule has 0 saturated carbocycles. The Bertz CT molecular complexity index is 483. The minimum Gasteiger partial charge on any atom is -0.348 e. The van der Waals surface area contributed by atoms with Gasteiger partial charge in [0, 0.05) is 12.6 Å². The van der Waals surface area contributed by atoms with E-state index in [9.17, 15) is 4.79 Å². The maximum Gasteiger partial charge on any atom is 0.292 e. The molecular formula is C14H23N5O2. The first-order valence-corrected chi connectivity index (χ1v) is 7.79. The molecule has 0 aliphatic carbocycles. The van der Waals surface area contributed by atoms with Gasteiger partial charge in [-0.2, -0.15) is 4.98 Å². The molecule has 21 heavy (non-hydrogen) atoms. The Balaban J connectivity index is 1.53. The van der Waals surface area contributed by atoms with Crippen molar-refractivity contribution in [3.05, 3.63) is 11.7 Å². The van der Waals surface area contributed by atoms with E-state index in [2.05, 4.69) is 32.7 Å². The Morgan fingerprint density at radius 1 is 1.43 bits per heavy atom. The highest BCUT2D eigenvalue weighted by Crippen LogP contribution is 2.21. The maximum atomic E-state index is 12.1. The number of carbonyl (C=O) groups is 1. The summed E-state index contributed by atoms with van der Waals surface area (Å²) in [6.07, 6.45) is 5.67. The Morgan fingerprint density at radius 3 is 3.10 bits per heavy atom. The molecule has 116 valence electrons. The molecule has 2 saturated heterocycles. The summed E-state index contributed by atoms with van der Waals surface area (Å²) >= 11 is 0. The van der Waals surface area contributed by atoms with Gasteiger partial charge in [0.15, 0.2) is 0 Å². The molecule has 2 N–H and O–H groups in total. The van der Waals surface area contributed by atoms with Gasteiger partial charge in [-0.3, -0.25) is 4.79 Å². The van der Waals surface area contributed by atoms with Crippen LogP contribution in [0.1, 0.15) is 54.7 Å². The van der Waals surface area contributed by atoms with Gasteiger partial charge >= 0.3 is 0 Å². The van der Waals surface area contributed by atoms with E-state index in [0.717, 1.165) is 32.4 Å². The highest BCUT2D eigenvalue weighted by Gasteiger charge is 2.25. The van der Waals surface area contributed by atoms with E-state index < -0.39 is 0 Å². The number of hydrogen-bond acceptors (Lipinski definition) is 6. The highest BCUT2D eigenvalue weighted by atomic mass is 16.5. The summed E-state index contributed by atoms with van der Waals surface area (Å²) < 4.78 is 5.19. The molecule has 7 heteroatoms. The van der Waals surface area contributed by atoms with Crippen molar-refractivity contribution in [2.45, 2.75) is 44.2 Å². The Labute approximate surface area is 124 Å². The van der Waals surface area contributed by atoms with Gasteiger partial charge in [-0.25, -0.2) is 0 Å². The quantitative estimate of drug-likeness (QED) is 0.850. The van der Waals surface area contributed by atoms with Crippen LogP contribution in [0, 0.1) is 0 Å². The summed E-state index contributed by atoms with van der Waals surface area (Å²) in [5.74, 6) is 0.409. The van der Waals surface area contributed by atoms with E-state index in [4.69, 9.17) is 4.52 Å². The predicted octanol–water partition coefficient (Wildman–Crippen LogP) is 0.708. The van der Waals surface area contributed by atoms with Crippen molar-refractivity contribution < 1.29 is 9.32 Å². The number of carbonyl (C=O) groups excluding carboxylic acids is 1. The average Bonchev–Trinajstić information content (AvgIpc) is 3.16. The zero-order valence-electron chi connectivity index (χ0n) is 12.5. The molecule has 0 aromatic carbocycles. The second-order valence-electron chi connectivity index (χ2n) is 5.95. The number of likely N-dealkylation sites (tertiary alicyclic amines) is 1. The van der Waals surface area contributed by atoms with E-state index in [1.54, 1.807) is 0 Å². The minimum atomic E-state index is -0.248. The third kappa shape index (κ3) is 3.41. The van der Waals surface area contributed by atoms with Crippen LogP contribution in [0.15, 0.2) is 4.52 Å². The molecule has 2 aliphatic rings. The zero-order chi connectivity index (χ0) is 14.7. The maximum absolute atomic E-state index is 12.1. The Hall–Kier alpha value is -1.47. The molecule has 3 rings (SSSR count). The van der Waals surface area contributed by atoms with Crippen LogP contribution < -0.4 is 10.6 Å². The first-order valence-electron chi connectivity index (χ1n) is 7.79. The van der Waals surface area contributed by atoms with Crippen LogP contribution in [0.5, 0.6) is 0 Å². The number of piperidine rings is 1. The molecule has 3 heterocycles. The molecule has 0 spiro atoms. The average molecular weight is 293 g/mol. The second kappa shape index (κ2) is 6.53. The van der Waals surface area contributed by atoms with Crippen LogP contribution in [-0.4, -0.2) is 53.7 Å². The Kier molecular flexibility index (Phi) is 4.50. The summed E-state index contributed by atoms with van der Waals surface area (Å²) in [5.41, 5.74) is 0. The van der Waals surface area contributed by atoms with E-state index >= 15 is 0 Å². The largest absolute Gasteiger partial charge is 0.348 e. The van der Waals surface area contributed by atoms with Gasteiger partial charge in [-0.05, 0) is 45.8 Å². The normalized spacial score (nSPS) is 26.9. The van der Waals surface area contributed by atoms with Crippen molar-refractivity contribution >= 4 is 5.91 Å². The summed E-state index contributed by atoms with van der Waals surface area (Å²) in [6, 6.07) is 0.508. The van der Waals surface area contributed by atoms with Crippen LogP contribution in [0.4, 0.5) is 0 Å². The molecule has 2 atom stereocenters. The zero-order valence-corrected chi connectivity index (χ0v) is 12.5. The lowest BCUT2D eigenvalue weighted by Gasteiger charge is -2.32. The van der Waals surface area contributed by atoms with Crippen LogP contribution in [0.25, 0.3) is 0 Å². The molecule has 1 aromatic rings. The fourth-order valence-electron chi connectivity index (χ4n) is 3.06. The van der Waals surface area contributed by atoms with Gasteiger partial charge in [0.25, 0.3) is 11.7 Å². The molecule has 7 nitrogen and oxygen atoms in total. The summed E-state index contributed by atoms with van der Waals surface area (Å²) in [5, 5.41) is 9.99. The third-order valence-corrected chi connectivity index (χ3v) is 4.42. The molecule has 2 aliphatic heterocycles. The van der Waals surface area contributed by atoms with Gasteiger partial charge in [0.1, 0.15) is 0 Å². The standard InChI is InChI=1S/C14H23N5O2/c1-19-8-3-2-5-10(19)9-16-13(20)12-17-14(21-18-12)11-6-4-7-15-11/h10-11,15H,2-9H2,1H3,(H,16,20). The van der Waals surface area contributed by atoms with Crippen LogP contribution in [0.3, 0.4) is 0 Å². The SMILES string of the molecule is CN1CCCCC1CNC(=O)c1noc(C2CCCN2)n1. The third-order valence-electron chi connectivity index (χ3n) is 4.42. The van der Waals surface area contributed by atoms with E-state index in [-0.39, 0.29) is 17.8 Å². The van der Waals surface area contributed by atoms with Crippen molar-refractivity contribution in [1.82, 2.24) is 25.7 Å². The monoisotopic (exact) mass is 293 g/mol. The lowest BCUT2D eigenvalue weighted by Crippen LogP contribution is -2.44. The van der Waals surface area contributed by atoms with Crippen LogP contribution in [-0.2, 0) is 0 Å². The minimum absolute atomic E-state index is 0.100.